The van der Waals surface area contributed by atoms with E-state index in [1.54, 1.807) is 0 Å². The van der Waals surface area contributed by atoms with E-state index in [1.807, 2.05) is 36.4 Å². The van der Waals surface area contributed by atoms with Crippen LogP contribution < -0.4 is 5.73 Å². The maximum absolute atomic E-state index is 13.6. The van der Waals surface area contributed by atoms with Crippen LogP contribution >= 0.6 is 0 Å². The second kappa shape index (κ2) is 7.88. The lowest BCUT2D eigenvalue weighted by Crippen LogP contribution is -2.26. The predicted octanol–water partition coefficient (Wildman–Crippen LogP) is 2.28. The molecule has 2 rings (SSSR count). The lowest BCUT2D eigenvalue weighted by molar-refractivity contribution is 0.184. The fourth-order valence-corrected chi connectivity index (χ4v) is 2.38. The molecule has 0 aromatic heterocycles. The van der Waals surface area contributed by atoms with Gasteiger partial charge in [0.05, 0.1) is 6.61 Å². The van der Waals surface area contributed by atoms with Crippen LogP contribution in [-0.4, -0.2) is 23.2 Å². The molecule has 0 amide bonds. The Morgan fingerprint density at radius 2 is 1.62 bits per heavy atom. The lowest BCUT2D eigenvalue weighted by Gasteiger charge is -2.22. The summed E-state index contributed by atoms with van der Waals surface area (Å²) in [5.41, 5.74) is 8.41. The zero-order valence-corrected chi connectivity index (χ0v) is 12.0. The van der Waals surface area contributed by atoms with E-state index >= 15 is 0 Å². The number of aliphatic hydroxyl groups is 1. The molecule has 4 heteroatoms. The quantitative estimate of drug-likeness (QED) is 0.822. The summed E-state index contributed by atoms with van der Waals surface area (Å²) < 4.78 is 13.6. The van der Waals surface area contributed by atoms with Crippen LogP contribution in [0.3, 0.4) is 0 Å². The molecule has 0 atom stereocenters. The SMILES string of the molecule is NCc1cc(F)cc(CN(CCO)Cc2ccccc2)c1. The van der Waals surface area contributed by atoms with Gasteiger partial charge in [-0.05, 0) is 28.8 Å². The number of nitrogens with zero attached hydrogens (tertiary/aromatic N) is 1. The predicted molar refractivity (Wildman–Crippen MR) is 81.9 cm³/mol. The highest BCUT2D eigenvalue weighted by Crippen LogP contribution is 2.13. The number of hydrogen-bond donors (Lipinski definition) is 2. The van der Waals surface area contributed by atoms with Gasteiger partial charge in [-0.2, -0.15) is 0 Å². The number of nitrogens with two attached hydrogens (primary N) is 1. The topological polar surface area (TPSA) is 49.5 Å². The van der Waals surface area contributed by atoms with Crippen molar-refractivity contribution in [2.45, 2.75) is 19.6 Å². The molecule has 3 N–H and O–H groups in total. The second-order valence-electron chi connectivity index (χ2n) is 5.09. The maximum Gasteiger partial charge on any atom is 0.123 e. The van der Waals surface area contributed by atoms with E-state index in [0.717, 1.165) is 17.7 Å². The molecular weight excluding hydrogens is 267 g/mol. The molecule has 0 aliphatic rings. The van der Waals surface area contributed by atoms with Crippen LogP contribution in [0.1, 0.15) is 16.7 Å². The Morgan fingerprint density at radius 1 is 0.952 bits per heavy atom. The molecule has 0 aliphatic carbocycles. The van der Waals surface area contributed by atoms with Crippen LogP contribution in [-0.2, 0) is 19.6 Å². The molecule has 0 bridgehead atoms. The van der Waals surface area contributed by atoms with Crippen LogP contribution in [0, 0.1) is 5.82 Å². The molecule has 0 spiro atoms. The summed E-state index contributed by atoms with van der Waals surface area (Å²) in [5, 5.41) is 9.21. The Labute approximate surface area is 124 Å². The number of hydrogen-bond acceptors (Lipinski definition) is 3. The molecule has 0 saturated heterocycles. The van der Waals surface area contributed by atoms with Crippen molar-refractivity contribution >= 4 is 0 Å². The normalized spacial score (nSPS) is 11.0. The smallest absolute Gasteiger partial charge is 0.123 e. The van der Waals surface area contributed by atoms with Gasteiger partial charge in [0.25, 0.3) is 0 Å². The van der Waals surface area contributed by atoms with Crippen molar-refractivity contribution in [1.82, 2.24) is 4.90 Å². The van der Waals surface area contributed by atoms with E-state index in [-0.39, 0.29) is 12.4 Å². The number of halogens is 1. The first-order valence-electron chi connectivity index (χ1n) is 7.07. The van der Waals surface area contributed by atoms with Gasteiger partial charge >= 0.3 is 0 Å². The van der Waals surface area contributed by atoms with Crippen molar-refractivity contribution in [3.63, 3.8) is 0 Å². The van der Waals surface area contributed by atoms with Gasteiger partial charge in [-0.3, -0.25) is 4.90 Å². The summed E-state index contributed by atoms with van der Waals surface area (Å²) in [6.07, 6.45) is 0. The fraction of sp³-hybridized carbons (Fsp3) is 0.294. The minimum Gasteiger partial charge on any atom is -0.395 e. The zero-order chi connectivity index (χ0) is 15.1. The molecule has 21 heavy (non-hydrogen) atoms. The van der Waals surface area contributed by atoms with Gasteiger partial charge in [0.1, 0.15) is 5.82 Å². The van der Waals surface area contributed by atoms with E-state index in [4.69, 9.17) is 5.73 Å². The van der Waals surface area contributed by atoms with Crippen molar-refractivity contribution in [2.24, 2.45) is 5.73 Å². The fourth-order valence-electron chi connectivity index (χ4n) is 2.38. The van der Waals surface area contributed by atoms with Gasteiger partial charge in [-0.1, -0.05) is 36.4 Å². The number of rotatable bonds is 7. The molecule has 2 aromatic carbocycles. The summed E-state index contributed by atoms with van der Waals surface area (Å²) in [6.45, 7) is 2.24. The minimum atomic E-state index is -0.267. The molecule has 0 radical (unpaired) electrons. The van der Waals surface area contributed by atoms with E-state index in [0.29, 0.717) is 19.6 Å². The Hall–Kier alpha value is -1.75. The first-order valence-corrected chi connectivity index (χ1v) is 7.07. The second-order valence-corrected chi connectivity index (χ2v) is 5.09. The molecular formula is C17H21FN2O. The van der Waals surface area contributed by atoms with Crippen molar-refractivity contribution < 1.29 is 9.50 Å². The zero-order valence-electron chi connectivity index (χ0n) is 12.0. The largest absolute Gasteiger partial charge is 0.395 e. The Bertz CT molecular complexity index is 560. The van der Waals surface area contributed by atoms with Crippen molar-refractivity contribution in [1.29, 1.82) is 0 Å². The third kappa shape index (κ3) is 4.93. The molecule has 0 fully saturated rings. The first kappa shape index (κ1) is 15.6. The molecule has 112 valence electrons. The van der Waals surface area contributed by atoms with E-state index in [1.165, 1.54) is 17.7 Å². The monoisotopic (exact) mass is 288 g/mol. The highest BCUT2D eigenvalue weighted by Gasteiger charge is 2.08. The number of aliphatic hydroxyl groups excluding tert-OH is 1. The van der Waals surface area contributed by atoms with E-state index < -0.39 is 0 Å². The molecule has 0 aliphatic heterocycles. The Balaban J connectivity index is 2.10. The molecule has 3 nitrogen and oxygen atoms in total. The number of benzene rings is 2. The summed E-state index contributed by atoms with van der Waals surface area (Å²) in [5.74, 6) is -0.267. The average molecular weight is 288 g/mol. The summed E-state index contributed by atoms with van der Waals surface area (Å²) in [4.78, 5) is 2.09. The lowest BCUT2D eigenvalue weighted by atomic mass is 10.1. The molecule has 2 aromatic rings. The van der Waals surface area contributed by atoms with Crippen molar-refractivity contribution in [3.8, 4) is 0 Å². The highest BCUT2D eigenvalue weighted by atomic mass is 19.1. The molecule has 0 heterocycles. The van der Waals surface area contributed by atoms with Gasteiger partial charge in [-0.15, -0.1) is 0 Å². The van der Waals surface area contributed by atoms with Gasteiger partial charge < -0.3 is 10.8 Å². The summed E-state index contributed by atoms with van der Waals surface area (Å²) in [7, 11) is 0. The van der Waals surface area contributed by atoms with Crippen LogP contribution in [0.15, 0.2) is 48.5 Å². The standard InChI is InChI=1S/C17H21FN2O/c18-17-9-15(11-19)8-16(10-17)13-20(6-7-21)12-14-4-2-1-3-5-14/h1-5,8-10,21H,6-7,11-13,19H2. The third-order valence-electron chi connectivity index (χ3n) is 3.32. The summed E-state index contributed by atoms with van der Waals surface area (Å²) >= 11 is 0. The van der Waals surface area contributed by atoms with Crippen LogP contribution in [0.2, 0.25) is 0 Å². The average Bonchev–Trinajstić information content (AvgIpc) is 2.48. The van der Waals surface area contributed by atoms with Crippen LogP contribution in [0.4, 0.5) is 4.39 Å². The summed E-state index contributed by atoms with van der Waals surface area (Å²) in [6, 6.07) is 14.9. The molecule has 0 saturated carbocycles. The van der Waals surface area contributed by atoms with Crippen molar-refractivity contribution in [2.75, 3.05) is 13.2 Å². The van der Waals surface area contributed by atoms with Crippen LogP contribution in [0.5, 0.6) is 0 Å². The minimum absolute atomic E-state index is 0.0753. The first-order chi connectivity index (χ1) is 10.2. The Morgan fingerprint density at radius 3 is 2.29 bits per heavy atom. The Kier molecular flexibility index (Phi) is 5.87. The van der Waals surface area contributed by atoms with Crippen molar-refractivity contribution in [3.05, 3.63) is 71.0 Å². The molecule has 0 unspecified atom stereocenters. The van der Waals surface area contributed by atoms with Crippen LogP contribution in [0.25, 0.3) is 0 Å². The third-order valence-corrected chi connectivity index (χ3v) is 3.32. The van der Waals surface area contributed by atoms with E-state index in [2.05, 4.69) is 4.90 Å². The van der Waals surface area contributed by atoms with Gasteiger partial charge in [0.2, 0.25) is 0 Å². The van der Waals surface area contributed by atoms with Gasteiger partial charge in [-0.25, -0.2) is 4.39 Å². The maximum atomic E-state index is 13.6. The van der Waals surface area contributed by atoms with Gasteiger partial charge in [0, 0.05) is 26.2 Å². The highest BCUT2D eigenvalue weighted by molar-refractivity contribution is 5.25. The van der Waals surface area contributed by atoms with Gasteiger partial charge in [0.15, 0.2) is 0 Å². The van der Waals surface area contributed by atoms with E-state index in [9.17, 15) is 9.50 Å².